The van der Waals surface area contributed by atoms with Crippen molar-refractivity contribution in [1.82, 2.24) is 19.9 Å². The quantitative estimate of drug-likeness (QED) is 0.918. The lowest BCUT2D eigenvalue weighted by atomic mass is 10.0. The fourth-order valence-corrected chi connectivity index (χ4v) is 2.36. The zero-order valence-corrected chi connectivity index (χ0v) is 13.2. The summed E-state index contributed by atoms with van der Waals surface area (Å²) in [6, 6.07) is 0.292. The van der Waals surface area contributed by atoms with Crippen molar-refractivity contribution in [1.29, 1.82) is 0 Å². The Kier molecular flexibility index (Phi) is 5.35. The van der Waals surface area contributed by atoms with Crippen LogP contribution in [0.5, 0.6) is 0 Å². The Morgan fingerprint density at radius 2 is 2.16 bits per heavy atom. The fourth-order valence-electron chi connectivity index (χ4n) is 2.36. The molecule has 0 aliphatic carbocycles. The molecule has 0 bridgehead atoms. The van der Waals surface area contributed by atoms with Crippen molar-refractivity contribution >= 4 is 12.4 Å². The van der Waals surface area contributed by atoms with Gasteiger partial charge >= 0.3 is 0 Å². The molecule has 2 heterocycles. The molecule has 110 valence electrons. The second-order valence-corrected chi connectivity index (χ2v) is 6.47. The van der Waals surface area contributed by atoms with E-state index in [4.69, 9.17) is 5.73 Å². The molecule has 5 nitrogen and oxygen atoms in total. The molecule has 2 unspecified atom stereocenters. The van der Waals surface area contributed by atoms with Crippen LogP contribution in [0.25, 0.3) is 0 Å². The minimum atomic E-state index is 0. The molecule has 19 heavy (non-hydrogen) atoms. The van der Waals surface area contributed by atoms with Crippen LogP contribution in [0.4, 0.5) is 0 Å². The lowest BCUT2D eigenvalue weighted by molar-refractivity contribution is 0.305. The van der Waals surface area contributed by atoms with E-state index < -0.39 is 0 Å². The molecule has 0 radical (unpaired) electrons. The van der Waals surface area contributed by atoms with E-state index in [1.54, 1.807) is 0 Å². The molecule has 1 aliphatic heterocycles. The second kappa shape index (κ2) is 6.20. The van der Waals surface area contributed by atoms with E-state index in [-0.39, 0.29) is 17.9 Å². The minimum Gasteiger partial charge on any atom is -0.328 e. The molecule has 1 saturated heterocycles. The van der Waals surface area contributed by atoms with Crippen LogP contribution in [0, 0.1) is 5.92 Å². The van der Waals surface area contributed by atoms with E-state index in [2.05, 4.69) is 49.1 Å². The Morgan fingerprint density at radius 1 is 1.47 bits per heavy atom. The van der Waals surface area contributed by atoms with Crippen molar-refractivity contribution in [3.63, 3.8) is 0 Å². The van der Waals surface area contributed by atoms with Gasteiger partial charge in [0.25, 0.3) is 0 Å². The average molecular weight is 288 g/mol. The summed E-state index contributed by atoms with van der Waals surface area (Å²) in [5, 5.41) is 8.46. The predicted octanol–water partition coefficient (Wildman–Crippen LogP) is 1.62. The predicted molar refractivity (Wildman–Crippen MR) is 79.3 cm³/mol. The molecule has 0 saturated carbocycles. The highest BCUT2D eigenvalue weighted by molar-refractivity contribution is 5.85. The fraction of sp³-hybridized carbons (Fsp3) is 0.846. The van der Waals surface area contributed by atoms with Gasteiger partial charge in [-0.25, -0.2) is 4.68 Å². The summed E-state index contributed by atoms with van der Waals surface area (Å²) in [6.07, 6.45) is 3.25. The second-order valence-electron chi connectivity index (χ2n) is 6.47. The van der Waals surface area contributed by atoms with E-state index in [1.165, 1.54) is 6.42 Å². The molecular weight excluding hydrogens is 262 g/mol. The first-order valence-electron chi connectivity index (χ1n) is 6.76. The lowest BCUT2D eigenvalue weighted by Crippen LogP contribution is -2.29. The van der Waals surface area contributed by atoms with Gasteiger partial charge in [0, 0.05) is 19.1 Å². The topological polar surface area (TPSA) is 60.0 Å². The first-order valence-corrected chi connectivity index (χ1v) is 6.76. The summed E-state index contributed by atoms with van der Waals surface area (Å²) in [4.78, 5) is 2.42. The number of hydrogen-bond acceptors (Lipinski definition) is 4. The Hall–Kier alpha value is -0.650. The van der Waals surface area contributed by atoms with Crippen molar-refractivity contribution in [3.05, 3.63) is 11.9 Å². The van der Waals surface area contributed by atoms with E-state index in [0.29, 0.717) is 12.0 Å². The van der Waals surface area contributed by atoms with E-state index in [9.17, 15) is 0 Å². The molecule has 1 fully saturated rings. The number of nitrogens with zero attached hydrogens (tertiary/aromatic N) is 4. The third-order valence-electron chi connectivity index (χ3n) is 3.67. The van der Waals surface area contributed by atoms with Crippen LogP contribution in [0.15, 0.2) is 6.20 Å². The van der Waals surface area contributed by atoms with Crippen LogP contribution in [-0.2, 0) is 12.1 Å². The van der Waals surface area contributed by atoms with Crippen LogP contribution in [-0.4, -0.2) is 39.0 Å². The maximum Gasteiger partial charge on any atom is 0.0967 e. The summed E-state index contributed by atoms with van der Waals surface area (Å²) in [5.41, 5.74) is 7.01. The standard InChI is InChI=1S/C13H25N5.ClH/c1-10(14)11-5-6-17(7-11)8-12-9-18(16-15-12)13(2,3)4;/h9-11H,5-8,14H2,1-4H3;1H. The molecule has 1 aromatic rings. The maximum absolute atomic E-state index is 5.96. The third-order valence-corrected chi connectivity index (χ3v) is 3.67. The first kappa shape index (κ1) is 16.4. The van der Waals surface area contributed by atoms with Gasteiger partial charge in [-0.15, -0.1) is 17.5 Å². The van der Waals surface area contributed by atoms with Crippen molar-refractivity contribution in [2.24, 2.45) is 11.7 Å². The third kappa shape index (κ3) is 4.16. The van der Waals surface area contributed by atoms with E-state index in [0.717, 1.165) is 25.3 Å². The summed E-state index contributed by atoms with van der Waals surface area (Å²) in [5.74, 6) is 0.627. The van der Waals surface area contributed by atoms with E-state index >= 15 is 0 Å². The molecule has 1 aromatic heterocycles. The Bertz CT molecular complexity index is 396. The monoisotopic (exact) mass is 287 g/mol. The maximum atomic E-state index is 5.96. The molecule has 0 amide bonds. The Morgan fingerprint density at radius 3 is 2.63 bits per heavy atom. The normalized spacial score (nSPS) is 22.3. The van der Waals surface area contributed by atoms with Gasteiger partial charge < -0.3 is 5.73 Å². The van der Waals surface area contributed by atoms with Crippen molar-refractivity contribution in [2.45, 2.75) is 52.2 Å². The van der Waals surface area contributed by atoms with Gasteiger partial charge in [0.2, 0.25) is 0 Å². The Balaban J connectivity index is 0.00000180. The molecule has 1 aliphatic rings. The van der Waals surface area contributed by atoms with E-state index in [1.807, 2.05) is 4.68 Å². The Labute approximate surface area is 121 Å². The lowest BCUT2D eigenvalue weighted by Gasteiger charge is -2.18. The number of aromatic nitrogens is 3. The molecule has 6 heteroatoms. The summed E-state index contributed by atoms with van der Waals surface area (Å²) in [6.45, 7) is 11.6. The van der Waals surface area contributed by atoms with Gasteiger partial charge in [-0.3, -0.25) is 4.90 Å². The molecule has 2 atom stereocenters. The molecule has 0 spiro atoms. The smallest absolute Gasteiger partial charge is 0.0967 e. The molecule has 2 rings (SSSR count). The van der Waals surface area contributed by atoms with Crippen molar-refractivity contribution in [2.75, 3.05) is 13.1 Å². The highest BCUT2D eigenvalue weighted by Crippen LogP contribution is 2.20. The van der Waals surface area contributed by atoms with Gasteiger partial charge in [0.05, 0.1) is 17.4 Å². The van der Waals surface area contributed by atoms with Gasteiger partial charge in [-0.1, -0.05) is 5.21 Å². The van der Waals surface area contributed by atoms with Gasteiger partial charge in [0.1, 0.15) is 0 Å². The molecular formula is C13H26ClN5. The van der Waals surface area contributed by atoms with Crippen molar-refractivity contribution in [3.8, 4) is 0 Å². The van der Waals surface area contributed by atoms with Crippen molar-refractivity contribution < 1.29 is 0 Å². The number of halogens is 1. The number of nitrogens with two attached hydrogens (primary N) is 1. The number of rotatable bonds is 3. The highest BCUT2D eigenvalue weighted by atomic mass is 35.5. The van der Waals surface area contributed by atoms with Crippen LogP contribution in [0.2, 0.25) is 0 Å². The average Bonchev–Trinajstić information content (AvgIpc) is 2.85. The van der Waals surface area contributed by atoms with Gasteiger partial charge in [-0.05, 0) is 46.6 Å². The zero-order valence-electron chi connectivity index (χ0n) is 12.3. The van der Waals surface area contributed by atoms with Gasteiger partial charge in [-0.2, -0.15) is 0 Å². The minimum absolute atomic E-state index is 0. The van der Waals surface area contributed by atoms with Crippen LogP contribution in [0.1, 0.15) is 39.8 Å². The number of hydrogen-bond donors (Lipinski definition) is 1. The van der Waals surface area contributed by atoms with Crippen LogP contribution < -0.4 is 5.73 Å². The molecule has 2 N–H and O–H groups in total. The zero-order chi connectivity index (χ0) is 13.3. The summed E-state index contributed by atoms with van der Waals surface area (Å²) >= 11 is 0. The molecule has 0 aromatic carbocycles. The van der Waals surface area contributed by atoms with Crippen LogP contribution >= 0.6 is 12.4 Å². The van der Waals surface area contributed by atoms with Gasteiger partial charge in [0.15, 0.2) is 0 Å². The van der Waals surface area contributed by atoms with Crippen LogP contribution in [0.3, 0.4) is 0 Å². The largest absolute Gasteiger partial charge is 0.328 e. The highest BCUT2D eigenvalue weighted by Gasteiger charge is 2.26. The SMILES string of the molecule is CC(N)C1CCN(Cc2cn(C(C)(C)C)nn2)C1.Cl. The summed E-state index contributed by atoms with van der Waals surface area (Å²) < 4.78 is 1.93. The number of likely N-dealkylation sites (tertiary alicyclic amines) is 1. The summed E-state index contributed by atoms with van der Waals surface area (Å²) in [7, 11) is 0. The first-order chi connectivity index (χ1) is 8.36.